The van der Waals surface area contributed by atoms with E-state index in [9.17, 15) is 9.90 Å². The molecule has 0 fully saturated rings. The van der Waals surface area contributed by atoms with Gasteiger partial charge in [0.1, 0.15) is 5.58 Å². The highest BCUT2D eigenvalue weighted by Crippen LogP contribution is 2.39. The average molecular weight is 262 g/mol. The van der Waals surface area contributed by atoms with Gasteiger partial charge in [-0.3, -0.25) is 0 Å². The van der Waals surface area contributed by atoms with Gasteiger partial charge in [-0.15, -0.1) is 0 Å². The van der Waals surface area contributed by atoms with Crippen molar-refractivity contribution >= 4 is 11.0 Å². The smallest absolute Gasteiger partial charge is 0.336 e. The van der Waals surface area contributed by atoms with Crippen molar-refractivity contribution in [3.63, 3.8) is 0 Å². The predicted octanol–water partition coefficient (Wildman–Crippen LogP) is 1.91. The Morgan fingerprint density at radius 2 is 2.05 bits per heavy atom. The maximum absolute atomic E-state index is 11.2. The summed E-state index contributed by atoms with van der Waals surface area (Å²) < 4.78 is 16.2. The molecule has 0 radical (unpaired) electrons. The zero-order valence-corrected chi connectivity index (χ0v) is 10.7. The van der Waals surface area contributed by atoms with Crippen molar-refractivity contribution in [2.75, 3.05) is 6.61 Å². The summed E-state index contributed by atoms with van der Waals surface area (Å²) in [7, 11) is 0. The molecule has 19 heavy (non-hydrogen) atoms. The summed E-state index contributed by atoms with van der Waals surface area (Å²) in [4.78, 5) is 11.2. The lowest BCUT2D eigenvalue weighted by Gasteiger charge is -2.36. The first kappa shape index (κ1) is 12.0. The van der Waals surface area contributed by atoms with Gasteiger partial charge in [0.15, 0.2) is 18.1 Å². The molecule has 1 aliphatic rings. The molecule has 0 unspecified atom stereocenters. The van der Waals surface area contributed by atoms with E-state index in [4.69, 9.17) is 13.9 Å². The van der Waals surface area contributed by atoms with E-state index in [2.05, 4.69) is 0 Å². The Bertz CT molecular complexity index is 688. The third kappa shape index (κ3) is 1.96. The van der Waals surface area contributed by atoms with Crippen LogP contribution in [-0.4, -0.2) is 17.5 Å². The van der Waals surface area contributed by atoms with Crippen LogP contribution in [-0.2, 0) is 0 Å². The van der Waals surface area contributed by atoms with E-state index in [1.54, 1.807) is 18.2 Å². The summed E-state index contributed by atoms with van der Waals surface area (Å²) in [6, 6.07) is 6.28. The van der Waals surface area contributed by atoms with E-state index in [0.717, 1.165) is 5.39 Å². The molecule has 0 aliphatic carbocycles. The quantitative estimate of drug-likeness (QED) is 0.795. The Kier molecular flexibility index (Phi) is 2.53. The van der Waals surface area contributed by atoms with Gasteiger partial charge >= 0.3 is 5.63 Å². The molecule has 0 bridgehead atoms. The molecule has 0 saturated heterocycles. The number of aliphatic hydroxyl groups is 1. The van der Waals surface area contributed by atoms with Gasteiger partial charge in [-0.2, -0.15) is 0 Å². The highest BCUT2D eigenvalue weighted by atomic mass is 16.7. The normalized spacial score (nSPS) is 21.9. The lowest BCUT2D eigenvalue weighted by Crippen LogP contribution is -2.49. The largest absolute Gasteiger partial charge is 0.483 e. The van der Waals surface area contributed by atoms with Crippen LogP contribution in [0.15, 0.2) is 33.5 Å². The monoisotopic (exact) mass is 262 g/mol. The number of hydrogen-bond acceptors (Lipinski definition) is 5. The van der Waals surface area contributed by atoms with Crippen LogP contribution in [0.1, 0.15) is 13.8 Å². The van der Waals surface area contributed by atoms with Gasteiger partial charge in [0.25, 0.3) is 0 Å². The molecule has 5 heteroatoms. The van der Waals surface area contributed by atoms with Gasteiger partial charge in [0.2, 0.25) is 5.79 Å². The Morgan fingerprint density at radius 3 is 2.79 bits per heavy atom. The molecule has 2 aromatic rings. The molecule has 100 valence electrons. The Morgan fingerprint density at radius 1 is 1.26 bits per heavy atom. The third-order valence-corrected chi connectivity index (χ3v) is 3.31. The zero-order chi connectivity index (χ0) is 13.6. The summed E-state index contributed by atoms with van der Waals surface area (Å²) in [6.45, 7) is 3.75. The van der Waals surface area contributed by atoms with Gasteiger partial charge in [-0.25, -0.2) is 4.79 Å². The third-order valence-electron chi connectivity index (χ3n) is 3.31. The van der Waals surface area contributed by atoms with Crippen molar-refractivity contribution in [3.05, 3.63) is 34.7 Å². The highest BCUT2D eigenvalue weighted by molar-refractivity contribution is 5.80. The second-order valence-corrected chi connectivity index (χ2v) is 4.98. The average Bonchev–Trinajstić information content (AvgIpc) is 2.36. The predicted molar refractivity (Wildman–Crippen MR) is 68.4 cm³/mol. The molecule has 3 rings (SSSR count). The van der Waals surface area contributed by atoms with Gasteiger partial charge in [-0.1, -0.05) is 13.8 Å². The lowest BCUT2D eigenvalue weighted by atomic mass is 10.0. The van der Waals surface area contributed by atoms with Crippen molar-refractivity contribution in [3.8, 4) is 11.5 Å². The van der Waals surface area contributed by atoms with E-state index in [1.807, 2.05) is 13.8 Å². The highest BCUT2D eigenvalue weighted by Gasteiger charge is 2.39. The number of hydrogen-bond donors (Lipinski definition) is 1. The summed E-state index contributed by atoms with van der Waals surface area (Å²) in [5.74, 6) is -0.531. The van der Waals surface area contributed by atoms with Crippen LogP contribution < -0.4 is 15.1 Å². The van der Waals surface area contributed by atoms with Gasteiger partial charge in [-0.05, 0) is 12.1 Å². The van der Waals surface area contributed by atoms with Crippen LogP contribution >= 0.6 is 0 Å². The first-order valence-corrected chi connectivity index (χ1v) is 6.10. The topological polar surface area (TPSA) is 68.9 Å². The van der Waals surface area contributed by atoms with Crippen LogP contribution in [0.2, 0.25) is 0 Å². The second-order valence-electron chi connectivity index (χ2n) is 4.98. The number of fused-ring (bicyclic) bond motifs is 2. The van der Waals surface area contributed by atoms with Crippen LogP contribution in [0.3, 0.4) is 0 Å². The summed E-state index contributed by atoms with van der Waals surface area (Å²) >= 11 is 0. The van der Waals surface area contributed by atoms with Crippen molar-refractivity contribution in [2.24, 2.45) is 5.92 Å². The first-order valence-electron chi connectivity index (χ1n) is 6.10. The molecule has 0 spiro atoms. The number of benzene rings is 1. The van der Waals surface area contributed by atoms with Gasteiger partial charge in [0.05, 0.1) is 0 Å². The standard InChI is InChI=1S/C14H14O5/c1-8(2)14(16)7-17-11-6-10-9(5-12(11)19-14)3-4-13(15)18-10/h3-6,8,16H,7H2,1-2H3/t14-/m1/s1. The Labute approximate surface area is 109 Å². The zero-order valence-electron chi connectivity index (χ0n) is 10.7. The molecule has 5 nitrogen and oxygen atoms in total. The van der Waals surface area contributed by atoms with Crippen LogP contribution in [0, 0.1) is 5.92 Å². The van der Waals surface area contributed by atoms with Gasteiger partial charge < -0.3 is 19.0 Å². The SMILES string of the molecule is CC(C)[C@@]1(O)COc2cc3oc(=O)ccc3cc2O1. The lowest BCUT2D eigenvalue weighted by molar-refractivity contribution is -0.202. The number of rotatable bonds is 1. The second kappa shape index (κ2) is 3.99. The molecule has 1 atom stereocenters. The molecular weight excluding hydrogens is 248 g/mol. The van der Waals surface area contributed by atoms with Gasteiger partial charge in [0, 0.05) is 23.4 Å². The van der Waals surface area contributed by atoms with E-state index in [0.29, 0.717) is 17.1 Å². The maximum atomic E-state index is 11.2. The minimum atomic E-state index is -1.34. The van der Waals surface area contributed by atoms with E-state index in [1.165, 1.54) is 6.07 Å². The molecule has 1 aromatic heterocycles. The maximum Gasteiger partial charge on any atom is 0.336 e. The molecule has 1 aromatic carbocycles. The first-order chi connectivity index (χ1) is 8.98. The van der Waals surface area contributed by atoms with E-state index in [-0.39, 0.29) is 12.5 Å². The van der Waals surface area contributed by atoms with Crippen molar-refractivity contribution in [1.82, 2.24) is 0 Å². The van der Waals surface area contributed by atoms with Crippen molar-refractivity contribution in [2.45, 2.75) is 19.6 Å². The molecule has 0 amide bonds. The number of ether oxygens (including phenoxy) is 2. The van der Waals surface area contributed by atoms with Crippen molar-refractivity contribution < 1.29 is 19.0 Å². The summed E-state index contributed by atoms with van der Waals surface area (Å²) in [5.41, 5.74) is 0.0210. The summed E-state index contributed by atoms with van der Waals surface area (Å²) in [6.07, 6.45) is 0. The fourth-order valence-electron chi connectivity index (χ4n) is 1.95. The fourth-order valence-corrected chi connectivity index (χ4v) is 1.95. The van der Waals surface area contributed by atoms with Crippen LogP contribution in [0.4, 0.5) is 0 Å². The molecule has 1 aliphatic heterocycles. The molecular formula is C14H14O5. The minimum absolute atomic E-state index is 0.0419. The molecule has 1 N–H and O–H groups in total. The van der Waals surface area contributed by atoms with Crippen molar-refractivity contribution in [1.29, 1.82) is 0 Å². The van der Waals surface area contributed by atoms with Crippen LogP contribution in [0.25, 0.3) is 11.0 Å². The Hall–Kier alpha value is -2.01. The summed E-state index contributed by atoms with van der Waals surface area (Å²) in [5, 5.41) is 11.0. The molecule has 0 saturated carbocycles. The Balaban J connectivity index is 2.11. The van der Waals surface area contributed by atoms with E-state index >= 15 is 0 Å². The van der Waals surface area contributed by atoms with Crippen LogP contribution in [0.5, 0.6) is 11.5 Å². The fraction of sp³-hybridized carbons (Fsp3) is 0.357. The van der Waals surface area contributed by atoms with E-state index < -0.39 is 11.4 Å². The molecule has 2 heterocycles. The minimum Gasteiger partial charge on any atom is -0.483 e.